The molecule has 0 aliphatic carbocycles. The van der Waals surface area contributed by atoms with Gasteiger partial charge in [-0.25, -0.2) is 4.79 Å². The largest absolute Gasteiger partial charge is 0.466 e. The van der Waals surface area contributed by atoms with Gasteiger partial charge in [-0.1, -0.05) is 0 Å². The number of Topliss-reactive ketones (excluding diaryl/α,β-unsaturated/α-hetero) is 1. The molecule has 7 nitrogen and oxygen atoms in total. The SMILES string of the molecule is CCOC(=O)CC(=O)[C@H]1CCN(C(=O)OC)[C@@H](CN2CCC[C@H]2C(F)(F)F)C1. The van der Waals surface area contributed by atoms with E-state index in [9.17, 15) is 27.6 Å². The molecule has 2 heterocycles. The molecule has 0 unspecified atom stereocenters. The monoisotopic (exact) mass is 408 g/mol. The van der Waals surface area contributed by atoms with E-state index < -0.39 is 36.2 Å². The Hall–Kier alpha value is -1.84. The Morgan fingerprint density at radius 2 is 1.86 bits per heavy atom. The number of likely N-dealkylation sites (tertiary alicyclic amines) is 2. The van der Waals surface area contributed by atoms with Gasteiger partial charge in [-0.05, 0) is 39.2 Å². The fourth-order valence-electron chi connectivity index (χ4n) is 4.06. The van der Waals surface area contributed by atoms with E-state index >= 15 is 0 Å². The van der Waals surface area contributed by atoms with Crippen molar-refractivity contribution in [3.63, 3.8) is 0 Å². The van der Waals surface area contributed by atoms with E-state index in [4.69, 9.17) is 9.47 Å². The Kier molecular flexibility index (Phi) is 7.68. The Morgan fingerprint density at radius 1 is 1.14 bits per heavy atom. The summed E-state index contributed by atoms with van der Waals surface area (Å²) in [5.41, 5.74) is 0. The molecule has 10 heteroatoms. The van der Waals surface area contributed by atoms with Crippen molar-refractivity contribution in [3.8, 4) is 0 Å². The lowest BCUT2D eigenvalue weighted by Crippen LogP contribution is -2.54. The van der Waals surface area contributed by atoms with E-state index in [0.29, 0.717) is 12.8 Å². The maximum absolute atomic E-state index is 13.3. The third kappa shape index (κ3) is 5.59. The number of amides is 1. The third-order valence-corrected chi connectivity index (χ3v) is 5.39. The molecule has 0 aromatic carbocycles. The minimum absolute atomic E-state index is 0.0163. The van der Waals surface area contributed by atoms with Gasteiger partial charge in [0, 0.05) is 25.0 Å². The number of rotatable bonds is 6. The fourth-order valence-corrected chi connectivity index (χ4v) is 4.06. The van der Waals surface area contributed by atoms with Gasteiger partial charge in [0.2, 0.25) is 0 Å². The van der Waals surface area contributed by atoms with Gasteiger partial charge in [0.05, 0.1) is 13.7 Å². The molecule has 160 valence electrons. The van der Waals surface area contributed by atoms with Gasteiger partial charge in [-0.2, -0.15) is 13.2 Å². The first kappa shape index (κ1) is 22.4. The molecule has 0 bridgehead atoms. The van der Waals surface area contributed by atoms with E-state index in [2.05, 4.69) is 0 Å². The fraction of sp³-hybridized carbons (Fsp3) is 0.833. The molecule has 0 N–H and O–H groups in total. The molecule has 0 spiro atoms. The Bertz CT molecular complexity index is 584. The summed E-state index contributed by atoms with van der Waals surface area (Å²) in [4.78, 5) is 38.8. The number of piperidine rings is 1. The minimum atomic E-state index is -4.33. The molecular formula is C18H27F3N2O5. The molecule has 28 heavy (non-hydrogen) atoms. The van der Waals surface area contributed by atoms with Crippen molar-refractivity contribution in [3.05, 3.63) is 0 Å². The van der Waals surface area contributed by atoms with Gasteiger partial charge in [0.25, 0.3) is 0 Å². The van der Waals surface area contributed by atoms with Crippen LogP contribution in [0.3, 0.4) is 0 Å². The average molecular weight is 408 g/mol. The Labute approximate surface area is 162 Å². The van der Waals surface area contributed by atoms with Crippen molar-refractivity contribution in [2.75, 3.05) is 33.4 Å². The van der Waals surface area contributed by atoms with Crippen LogP contribution >= 0.6 is 0 Å². The van der Waals surface area contributed by atoms with Crippen LogP contribution in [0.2, 0.25) is 0 Å². The molecule has 2 aliphatic rings. The average Bonchev–Trinajstić information content (AvgIpc) is 3.09. The Morgan fingerprint density at radius 3 is 2.46 bits per heavy atom. The first-order valence-electron chi connectivity index (χ1n) is 9.51. The highest BCUT2D eigenvalue weighted by atomic mass is 19.4. The van der Waals surface area contributed by atoms with Gasteiger partial charge in [-0.15, -0.1) is 0 Å². The molecule has 0 saturated carbocycles. The summed E-state index contributed by atoms with van der Waals surface area (Å²) in [7, 11) is 1.21. The van der Waals surface area contributed by atoms with Crippen LogP contribution in [-0.4, -0.2) is 79.3 Å². The van der Waals surface area contributed by atoms with E-state index in [1.54, 1.807) is 6.92 Å². The van der Waals surface area contributed by atoms with Crippen LogP contribution in [0.15, 0.2) is 0 Å². The van der Waals surface area contributed by atoms with Crippen LogP contribution < -0.4 is 0 Å². The van der Waals surface area contributed by atoms with Gasteiger partial charge < -0.3 is 14.4 Å². The highest BCUT2D eigenvalue weighted by Crippen LogP contribution is 2.34. The number of hydrogen-bond donors (Lipinski definition) is 0. The quantitative estimate of drug-likeness (QED) is 0.496. The van der Waals surface area contributed by atoms with E-state index in [1.165, 1.54) is 16.9 Å². The van der Waals surface area contributed by atoms with Crippen LogP contribution in [-0.2, 0) is 19.1 Å². The molecule has 2 aliphatic heterocycles. The maximum atomic E-state index is 13.3. The van der Waals surface area contributed by atoms with Crippen LogP contribution in [0.5, 0.6) is 0 Å². The number of ether oxygens (including phenoxy) is 2. The van der Waals surface area contributed by atoms with Crippen LogP contribution in [0.1, 0.15) is 39.0 Å². The van der Waals surface area contributed by atoms with E-state index in [0.717, 1.165) is 0 Å². The molecule has 2 saturated heterocycles. The summed E-state index contributed by atoms with van der Waals surface area (Å²) < 4.78 is 49.3. The number of methoxy groups -OCH3 is 1. The molecule has 2 rings (SSSR count). The molecular weight excluding hydrogens is 381 g/mol. The second-order valence-electron chi connectivity index (χ2n) is 7.18. The molecule has 0 radical (unpaired) electrons. The van der Waals surface area contributed by atoms with Crippen LogP contribution in [0, 0.1) is 5.92 Å². The summed E-state index contributed by atoms with van der Waals surface area (Å²) >= 11 is 0. The zero-order valence-corrected chi connectivity index (χ0v) is 16.2. The number of alkyl halides is 3. The minimum Gasteiger partial charge on any atom is -0.466 e. The number of hydrogen-bond acceptors (Lipinski definition) is 6. The van der Waals surface area contributed by atoms with E-state index in [-0.39, 0.29) is 51.3 Å². The first-order valence-corrected chi connectivity index (χ1v) is 9.51. The highest BCUT2D eigenvalue weighted by Gasteiger charge is 2.47. The summed E-state index contributed by atoms with van der Waals surface area (Å²) in [6, 6.07) is -2.12. The summed E-state index contributed by atoms with van der Waals surface area (Å²) in [6.07, 6.45) is -4.32. The van der Waals surface area contributed by atoms with Crippen LogP contribution in [0.25, 0.3) is 0 Å². The van der Waals surface area contributed by atoms with Crippen molar-refractivity contribution in [1.82, 2.24) is 9.80 Å². The number of nitrogens with zero attached hydrogens (tertiary/aromatic N) is 2. The van der Waals surface area contributed by atoms with Crippen molar-refractivity contribution in [2.24, 2.45) is 5.92 Å². The number of carbonyl (C=O) groups excluding carboxylic acids is 3. The number of halogens is 3. The summed E-state index contributed by atoms with van der Waals surface area (Å²) in [6.45, 7) is 2.31. The Balaban J connectivity index is 2.08. The summed E-state index contributed by atoms with van der Waals surface area (Å²) in [5, 5.41) is 0. The molecule has 3 atom stereocenters. The van der Waals surface area contributed by atoms with Gasteiger partial charge in [0.1, 0.15) is 18.2 Å². The lowest BCUT2D eigenvalue weighted by Gasteiger charge is -2.41. The third-order valence-electron chi connectivity index (χ3n) is 5.39. The number of esters is 1. The van der Waals surface area contributed by atoms with Crippen molar-refractivity contribution >= 4 is 17.8 Å². The van der Waals surface area contributed by atoms with Crippen LogP contribution in [0.4, 0.5) is 18.0 Å². The number of ketones is 1. The van der Waals surface area contributed by atoms with Crippen molar-refractivity contribution in [2.45, 2.75) is 57.3 Å². The zero-order chi connectivity index (χ0) is 20.9. The normalized spacial score (nSPS) is 26.2. The second-order valence-corrected chi connectivity index (χ2v) is 7.18. The topological polar surface area (TPSA) is 76.2 Å². The second kappa shape index (κ2) is 9.58. The molecule has 1 amide bonds. The number of carbonyl (C=O) groups is 3. The standard InChI is InChI=1S/C18H27F3N2O5/c1-3-28-16(25)10-14(24)12-6-8-23(17(26)27-2)13(9-12)11-22-7-4-5-15(22)18(19,20)21/h12-13,15H,3-11H2,1-2H3/t12-,13+,15-/m0/s1. The van der Waals surface area contributed by atoms with Gasteiger partial charge >= 0.3 is 18.2 Å². The molecule has 2 fully saturated rings. The smallest absolute Gasteiger partial charge is 0.409 e. The van der Waals surface area contributed by atoms with Gasteiger partial charge in [-0.3, -0.25) is 14.5 Å². The first-order chi connectivity index (χ1) is 13.2. The predicted molar refractivity (Wildman–Crippen MR) is 92.5 cm³/mol. The molecule has 0 aromatic heterocycles. The lowest BCUT2D eigenvalue weighted by molar-refractivity contribution is -0.177. The van der Waals surface area contributed by atoms with Crippen molar-refractivity contribution < 1.29 is 37.0 Å². The van der Waals surface area contributed by atoms with Crippen molar-refractivity contribution in [1.29, 1.82) is 0 Å². The lowest BCUT2D eigenvalue weighted by atomic mass is 9.86. The molecule has 0 aromatic rings. The highest BCUT2D eigenvalue weighted by molar-refractivity contribution is 5.96. The van der Waals surface area contributed by atoms with E-state index in [1.807, 2.05) is 0 Å². The van der Waals surface area contributed by atoms with Gasteiger partial charge in [0.15, 0.2) is 0 Å². The zero-order valence-electron chi connectivity index (χ0n) is 16.2. The maximum Gasteiger partial charge on any atom is 0.409 e. The predicted octanol–water partition coefficient (Wildman–Crippen LogP) is 2.38. The summed E-state index contributed by atoms with van der Waals surface area (Å²) in [5.74, 6) is -1.42.